The topological polar surface area (TPSA) is 42.2 Å². The van der Waals surface area contributed by atoms with E-state index < -0.39 is 5.54 Å². The van der Waals surface area contributed by atoms with Crippen LogP contribution in [0.1, 0.15) is 28.6 Å². The van der Waals surface area contributed by atoms with Gasteiger partial charge in [-0.25, -0.2) is 0 Å². The number of carbonyl (C=O) groups excluding carboxylic acids is 1. The second-order valence-corrected chi connectivity index (χ2v) is 5.29. The molecule has 1 unspecified atom stereocenters. The molecule has 4 heteroatoms. The van der Waals surface area contributed by atoms with Crippen LogP contribution in [0.3, 0.4) is 0 Å². The van der Waals surface area contributed by atoms with Crippen LogP contribution < -0.4 is 5.32 Å². The molecule has 0 aliphatic carbocycles. The van der Waals surface area contributed by atoms with Gasteiger partial charge in [0.15, 0.2) is 0 Å². The van der Waals surface area contributed by atoms with Gasteiger partial charge in [-0.2, -0.15) is 0 Å². The molecule has 3 nitrogen and oxygen atoms in total. The monoisotopic (exact) mass is 321 g/mol. The first-order chi connectivity index (χ1) is 9.05. The van der Waals surface area contributed by atoms with Crippen LogP contribution in [-0.4, -0.2) is 11.2 Å². The van der Waals surface area contributed by atoms with Gasteiger partial charge >= 0.3 is 0 Å². The number of aryl methyl sites for hydroxylation is 1. The summed E-state index contributed by atoms with van der Waals surface area (Å²) in [5.74, 6) is 0.591. The summed E-state index contributed by atoms with van der Waals surface area (Å²) in [5, 5.41) is 3.67. The van der Waals surface area contributed by atoms with Gasteiger partial charge in [0.2, 0.25) is 0 Å². The average Bonchev–Trinajstić information content (AvgIpc) is 2.86. The Hall–Kier alpha value is -1.55. The number of hydrogen-bond donors (Lipinski definition) is 1. The molecule has 100 valence electrons. The number of nitrogens with one attached hydrogen (secondary N) is 1. The zero-order valence-corrected chi connectivity index (χ0v) is 12.5. The van der Waals surface area contributed by atoms with Crippen molar-refractivity contribution >= 4 is 21.8 Å². The van der Waals surface area contributed by atoms with Gasteiger partial charge in [-0.15, -0.1) is 0 Å². The van der Waals surface area contributed by atoms with E-state index in [0.29, 0.717) is 10.9 Å². The molecule has 1 aromatic carbocycles. The lowest BCUT2D eigenvalue weighted by Gasteiger charge is -2.29. The van der Waals surface area contributed by atoms with Crippen molar-refractivity contribution in [3.63, 3.8) is 0 Å². The fraction of sp³-hybridized carbons (Fsp3) is 0.267. The number of furan rings is 1. The first-order valence-electron chi connectivity index (χ1n) is 6.04. The van der Waals surface area contributed by atoms with Gasteiger partial charge in [-0.1, -0.05) is 46.3 Å². The molecule has 1 aromatic heterocycles. The van der Waals surface area contributed by atoms with E-state index in [-0.39, 0.29) is 5.91 Å². The second-order valence-electron chi connectivity index (χ2n) is 4.73. The first kappa shape index (κ1) is 13.9. The Labute approximate surface area is 121 Å². The van der Waals surface area contributed by atoms with Crippen LogP contribution in [0.2, 0.25) is 0 Å². The molecule has 2 rings (SSSR count). The van der Waals surface area contributed by atoms with E-state index in [2.05, 4.69) is 21.2 Å². The van der Waals surface area contributed by atoms with Crippen molar-refractivity contribution in [2.24, 2.45) is 0 Å². The van der Waals surface area contributed by atoms with Crippen LogP contribution in [-0.2, 0) is 5.54 Å². The van der Waals surface area contributed by atoms with Crippen molar-refractivity contribution in [2.45, 2.75) is 19.4 Å². The maximum Gasteiger partial charge on any atom is 0.255 e. The normalized spacial score (nSPS) is 13.8. The summed E-state index contributed by atoms with van der Waals surface area (Å²) >= 11 is 3.48. The lowest BCUT2D eigenvalue weighted by atomic mass is 9.94. The molecule has 19 heavy (non-hydrogen) atoms. The number of halogens is 1. The number of alkyl halides is 1. The summed E-state index contributed by atoms with van der Waals surface area (Å²) in [6.07, 6.45) is 1.48. The summed E-state index contributed by atoms with van der Waals surface area (Å²) in [6, 6.07) is 11.6. The van der Waals surface area contributed by atoms with Crippen molar-refractivity contribution in [3.05, 3.63) is 59.5 Å². The highest BCUT2D eigenvalue weighted by Gasteiger charge is 2.28. The largest absolute Gasteiger partial charge is 0.469 e. The molecule has 0 saturated carbocycles. The molecule has 2 aromatic rings. The van der Waals surface area contributed by atoms with Crippen LogP contribution in [0.5, 0.6) is 0 Å². The molecule has 0 bridgehead atoms. The van der Waals surface area contributed by atoms with E-state index in [1.54, 1.807) is 6.07 Å². The van der Waals surface area contributed by atoms with E-state index in [9.17, 15) is 4.79 Å². The van der Waals surface area contributed by atoms with Gasteiger partial charge in [-0.05, 0) is 25.5 Å². The van der Waals surface area contributed by atoms with E-state index in [0.717, 1.165) is 11.3 Å². The Balaban J connectivity index is 2.22. The fourth-order valence-corrected chi connectivity index (χ4v) is 2.34. The number of carbonyl (C=O) groups is 1. The Bertz CT molecular complexity index is 565. The lowest BCUT2D eigenvalue weighted by Crippen LogP contribution is -2.44. The highest BCUT2D eigenvalue weighted by atomic mass is 79.9. The smallest absolute Gasteiger partial charge is 0.255 e. The quantitative estimate of drug-likeness (QED) is 0.874. The molecule has 0 saturated heterocycles. The molecule has 0 aliphatic heterocycles. The highest BCUT2D eigenvalue weighted by molar-refractivity contribution is 9.09. The van der Waals surface area contributed by atoms with Gasteiger partial charge in [0, 0.05) is 5.33 Å². The first-order valence-corrected chi connectivity index (χ1v) is 7.16. The van der Waals surface area contributed by atoms with E-state index in [1.807, 2.05) is 44.2 Å². The van der Waals surface area contributed by atoms with E-state index in [4.69, 9.17) is 4.42 Å². The molecule has 0 spiro atoms. The third kappa shape index (κ3) is 3.07. The molecule has 0 fully saturated rings. The Morgan fingerprint density at radius 1 is 1.37 bits per heavy atom. The Morgan fingerprint density at radius 3 is 2.58 bits per heavy atom. The van der Waals surface area contributed by atoms with Crippen LogP contribution in [0, 0.1) is 6.92 Å². The maximum atomic E-state index is 12.2. The van der Waals surface area contributed by atoms with Crippen molar-refractivity contribution in [1.29, 1.82) is 0 Å². The summed E-state index contributed by atoms with van der Waals surface area (Å²) in [6.45, 7) is 3.81. The number of amides is 1. The number of benzene rings is 1. The van der Waals surface area contributed by atoms with Crippen LogP contribution in [0.15, 0.2) is 47.1 Å². The van der Waals surface area contributed by atoms with Crippen LogP contribution in [0.25, 0.3) is 0 Å². The maximum absolute atomic E-state index is 12.2. The van der Waals surface area contributed by atoms with Crippen LogP contribution >= 0.6 is 15.9 Å². The number of hydrogen-bond acceptors (Lipinski definition) is 2. The molecule has 0 aliphatic rings. The van der Waals surface area contributed by atoms with Crippen molar-refractivity contribution in [2.75, 3.05) is 5.33 Å². The minimum atomic E-state index is -0.455. The second kappa shape index (κ2) is 5.61. The standard InChI is InChI=1S/C15H16BrNO2/c1-11-8-12(9-19-11)14(18)17-15(2,10-16)13-6-4-3-5-7-13/h3-9H,10H2,1-2H3,(H,17,18). The lowest BCUT2D eigenvalue weighted by molar-refractivity contribution is 0.0913. The summed E-state index contributed by atoms with van der Waals surface area (Å²) in [4.78, 5) is 12.2. The van der Waals surface area contributed by atoms with Gasteiger partial charge in [0.1, 0.15) is 12.0 Å². The average molecular weight is 322 g/mol. The van der Waals surface area contributed by atoms with Crippen LogP contribution in [0.4, 0.5) is 0 Å². The molecule has 1 atom stereocenters. The van der Waals surface area contributed by atoms with Crippen molar-refractivity contribution in [1.82, 2.24) is 5.32 Å². The molecule has 1 heterocycles. The third-order valence-corrected chi connectivity index (χ3v) is 4.18. The summed E-state index contributed by atoms with van der Waals surface area (Å²) in [7, 11) is 0. The zero-order valence-electron chi connectivity index (χ0n) is 10.9. The molecule has 0 radical (unpaired) electrons. The fourth-order valence-electron chi connectivity index (χ4n) is 1.87. The third-order valence-electron chi connectivity index (χ3n) is 3.06. The summed E-state index contributed by atoms with van der Waals surface area (Å²) < 4.78 is 5.17. The van der Waals surface area contributed by atoms with Crippen molar-refractivity contribution in [3.8, 4) is 0 Å². The van der Waals surface area contributed by atoms with Gasteiger partial charge in [-0.3, -0.25) is 4.79 Å². The SMILES string of the molecule is Cc1cc(C(=O)NC(C)(CBr)c2ccccc2)co1. The van der Waals surface area contributed by atoms with Gasteiger partial charge in [0.25, 0.3) is 5.91 Å². The molecule has 1 N–H and O–H groups in total. The predicted octanol–water partition coefficient (Wildman–Crippen LogP) is 3.63. The van der Waals surface area contributed by atoms with Gasteiger partial charge < -0.3 is 9.73 Å². The number of rotatable bonds is 4. The summed E-state index contributed by atoms with van der Waals surface area (Å²) in [5.41, 5.74) is 1.14. The Kier molecular flexibility index (Phi) is 4.10. The molecule has 1 amide bonds. The highest BCUT2D eigenvalue weighted by Crippen LogP contribution is 2.23. The minimum absolute atomic E-state index is 0.136. The van der Waals surface area contributed by atoms with E-state index in [1.165, 1.54) is 6.26 Å². The zero-order chi connectivity index (χ0) is 13.9. The Morgan fingerprint density at radius 2 is 2.05 bits per heavy atom. The molecular weight excluding hydrogens is 306 g/mol. The van der Waals surface area contributed by atoms with Gasteiger partial charge in [0.05, 0.1) is 11.1 Å². The van der Waals surface area contributed by atoms with Crippen molar-refractivity contribution < 1.29 is 9.21 Å². The van der Waals surface area contributed by atoms with E-state index >= 15 is 0 Å². The predicted molar refractivity (Wildman–Crippen MR) is 78.5 cm³/mol. The molecular formula is C15H16BrNO2. The minimum Gasteiger partial charge on any atom is -0.469 e.